The van der Waals surface area contributed by atoms with Gasteiger partial charge >= 0.3 is 0 Å². The fraction of sp³-hybridized carbons (Fsp3) is 0.500. The summed E-state index contributed by atoms with van der Waals surface area (Å²) in [6.07, 6.45) is 7.92. The summed E-state index contributed by atoms with van der Waals surface area (Å²) in [6, 6.07) is 14.8. The molecule has 0 unspecified atom stereocenters. The van der Waals surface area contributed by atoms with Crippen LogP contribution in [0.3, 0.4) is 0 Å². The van der Waals surface area contributed by atoms with Crippen molar-refractivity contribution >= 4 is 10.8 Å². The predicted molar refractivity (Wildman–Crippen MR) is 93.6 cm³/mol. The molecular formula is C20H27NO. The van der Waals surface area contributed by atoms with Crippen molar-refractivity contribution in [1.82, 2.24) is 4.90 Å². The summed E-state index contributed by atoms with van der Waals surface area (Å²) in [5, 5.41) is 2.53. The molecule has 0 aliphatic carbocycles. The normalized spacial score (nSPS) is 15.5. The van der Waals surface area contributed by atoms with Crippen LogP contribution in [0.5, 0.6) is 5.75 Å². The Hall–Kier alpha value is -1.54. The number of ether oxygens (including phenoxy) is 1. The summed E-state index contributed by atoms with van der Waals surface area (Å²) in [4.78, 5) is 2.60. The van der Waals surface area contributed by atoms with Crippen molar-refractivity contribution in [2.75, 3.05) is 26.2 Å². The first-order chi connectivity index (χ1) is 10.9. The third-order valence-electron chi connectivity index (χ3n) is 4.56. The molecule has 0 aromatic heterocycles. The molecule has 0 bridgehead atoms. The monoisotopic (exact) mass is 297 g/mol. The molecule has 2 aromatic carbocycles. The fourth-order valence-corrected chi connectivity index (χ4v) is 3.24. The molecule has 2 aromatic rings. The van der Waals surface area contributed by atoms with Gasteiger partial charge in [0, 0.05) is 0 Å². The van der Waals surface area contributed by atoms with Crippen LogP contribution in [0.1, 0.15) is 38.5 Å². The van der Waals surface area contributed by atoms with Crippen LogP contribution in [-0.2, 0) is 0 Å². The van der Waals surface area contributed by atoms with Gasteiger partial charge in [-0.05, 0) is 68.2 Å². The van der Waals surface area contributed by atoms with E-state index in [1.807, 2.05) is 0 Å². The van der Waals surface area contributed by atoms with Crippen molar-refractivity contribution in [3.8, 4) is 5.75 Å². The van der Waals surface area contributed by atoms with Crippen molar-refractivity contribution < 1.29 is 4.74 Å². The van der Waals surface area contributed by atoms with Crippen LogP contribution in [0.4, 0.5) is 0 Å². The summed E-state index contributed by atoms with van der Waals surface area (Å²) < 4.78 is 5.88. The van der Waals surface area contributed by atoms with Crippen LogP contribution >= 0.6 is 0 Å². The maximum atomic E-state index is 5.88. The number of unbranched alkanes of at least 4 members (excludes halogenated alkanes) is 3. The van der Waals surface area contributed by atoms with Crippen LogP contribution in [0, 0.1) is 0 Å². The summed E-state index contributed by atoms with van der Waals surface area (Å²) in [5.41, 5.74) is 0. The molecule has 22 heavy (non-hydrogen) atoms. The average Bonchev–Trinajstić information content (AvgIpc) is 3.07. The zero-order valence-electron chi connectivity index (χ0n) is 13.5. The molecule has 1 aliphatic rings. The molecule has 118 valence electrons. The number of rotatable bonds is 8. The van der Waals surface area contributed by atoms with Gasteiger partial charge in [0.15, 0.2) is 0 Å². The van der Waals surface area contributed by atoms with Gasteiger partial charge in [-0.2, -0.15) is 0 Å². The van der Waals surface area contributed by atoms with Gasteiger partial charge in [0.25, 0.3) is 0 Å². The highest BCUT2D eigenvalue weighted by molar-refractivity contribution is 5.83. The molecule has 3 rings (SSSR count). The summed E-state index contributed by atoms with van der Waals surface area (Å²) in [6.45, 7) is 4.78. The minimum Gasteiger partial charge on any atom is -0.494 e. The number of hydrogen-bond acceptors (Lipinski definition) is 2. The van der Waals surface area contributed by atoms with E-state index >= 15 is 0 Å². The second-order valence-electron chi connectivity index (χ2n) is 6.32. The van der Waals surface area contributed by atoms with Crippen molar-refractivity contribution in [3.05, 3.63) is 42.5 Å². The van der Waals surface area contributed by atoms with Gasteiger partial charge in [0.05, 0.1) is 6.61 Å². The molecule has 0 spiro atoms. The summed E-state index contributed by atoms with van der Waals surface area (Å²) in [5.74, 6) is 0.996. The second-order valence-corrected chi connectivity index (χ2v) is 6.32. The molecule has 0 N–H and O–H groups in total. The van der Waals surface area contributed by atoms with E-state index < -0.39 is 0 Å². The molecule has 2 nitrogen and oxygen atoms in total. The number of hydrogen-bond donors (Lipinski definition) is 0. The molecule has 2 heteroatoms. The first kappa shape index (κ1) is 15.4. The maximum absolute atomic E-state index is 5.88. The van der Waals surface area contributed by atoms with Crippen LogP contribution in [0.2, 0.25) is 0 Å². The minimum atomic E-state index is 0.835. The van der Waals surface area contributed by atoms with Crippen LogP contribution in [0.25, 0.3) is 10.8 Å². The van der Waals surface area contributed by atoms with Gasteiger partial charge in [0.2, 0.25) is 0 Å². The zero-order valence-corrected chi connectivity index (χ0v) is 13.5. The van der Waals surface area contributed by atoms with E-state index in [-0.39, 0.29) is 0 Å². The highest BCUT2D eigenvalue weighted by Crippen LogP contribution is 2.20. The van der Waals surface area contributed by atoms with E-state index in [0.29, 0.717) is 0 Å². The van der Waals surface area contributed by atoms with Crippen LogP contribution in [0.15, 0.2) is 42.5 Å². The fourth-order valence-electron chi connectivity index (χ4n) is 3.24. The first-order valence-electron chi connectivity index (χ1n) is 8.76. The van der Waals surface area contributed by atoms with Crippen molar-refractivity contribution in [2.24, 2.45) is 0 Å². The molecular weight excluding hydrogens is 270 g/mol. The predicted octanol–water partition coefficient (Wildman–Crippen LogP) is 4.87. The SMILES string of the molecule is c1ccc2cc(OCCCCCCN3CCCC3)ccc2c1. The number of nitrogens with zero attached hydrogens (tertiary/aromatic N) is 1. The Morgan fingerprint density at radius 2 is 1.59 bits per heavy atom. The van der Waals surface area contributed by atoms with Gasteiger partial charge in [-0.3, -0.25) is 0 Å². The lowest BCUT2D eigenvalue weighted by atomic mass is 10.1. The van der Waals surface area contributed by atoms with Crippen LogP contribution in [-0.4, -0.2) is 31.1 Å². The topological polar surface area (TPSA) is 12.5 Å². The quantitative estimate of drug-likeness (QED) is 0.644. The molecule has 0 radical (unpaired) electrons. The summed E-state index contributed by atoms with van der Waals surface area (Å²) in [7, 11) is 0. The van der Waals surface area contributed by atoms with E-state index in [2.05, 4.69) is 47.4 Å². The largest absolute Gasteiger partial charge is 0.494 e. The Kier molecular flexibility index (Phi) is 5.72. The lowest BCUT2D eigenvalue weighted by Gasteiger charge is -2.13. The highest BCUT2D eigenvalue weighted by atomic mass is 16.5. The third-order valence-corrected chi connectivity index (χ3v) is 4.56. The highest BCUT2D eigenvalue weighted by Gasteiger charge is 2.09. The molecule has 0 saturated carbocycles. The minimum absolute atomic E-state index is 0.835. The van der Waals surface area contributed by atoms with Gasteiger partial charge < -0.3 is 9.64 Å². The van der Waals surface area contributed by atoms with Gasteiger partial charge in [-0.15, -0.1) is 0 Å². The molecule has 0 atom stereocenters. The number of likely N-dealkylation sites (tertiary alicyclic amines) is 1. The maximum Gasteiger partial charge on any atom is 0.119 e. The Morgan fingerprint density at radius 3 is 2.45 bits per heavy atom. The Balaban J connectivity index is 1.30. The first-order valence-corrected chi connectivity index (χ1v) is 8.76. The third kappa shape index (κ3) is 4.48. The van der Waals surface area contributed by atoms with Crippen molar-refractivity contribution in [2.45, 2.75) is 38.5 Å². The zero-order chi connectivity index (χ0) is 15.0. The lowest BCUT2D eigenvalue weighted by Crippen LogP contribution is -2.20. The standard InChI is InChI=1S/C20H27NO/c1(5-13-21-14-6-7-15-21)2-8-16-22-20-12-11-18-9-3-4-10-19(18)17-20/h3-4,9-12,17H,1-2,5-8,13-16H2. The van der Waals surface area contributed by atoms with Gasteiger partial charge in [-0.1, -0.05) is 43.2 Å². The lowest BCUT2D eigenvalue weighted by molar-refractivity contribution is 0.297. The van der Waals surface area contributed by atoms with Crippen molar-refractivity contribution in [1.29, 1.82) is 0 Å². The van der Waals surface area contributed by atoms with E-state index in [9.17, 15) is 0 Å². The van der Waals surface area contributed by atoms with E-state index in [4.69, 9.17) is 4.74 Å². The van der Waals surface area contributed by atoms with Gasteiger partial charge in [-0.25, -0.2) is 0 Å². The van der Waals surface area contributed by atoms with E-state index in [0.717, 1.165) is 18.8 Å². The molecule has 1 heterocycles. The van der Waals surface area contributed by atoms with Crippen LogP contribution < -0.4 is 4.74 Å². The Bertz CT molecular complexity index is 575. The van der Waals surface area contributed by atoms with E-state index in [1.54, 1.807) is 0 Å². The Morgan fingerprint density at radius 1 is 0.818 bits per heavy atom. The Labute approximate surface area is 134 Å². The second kappa shape index (κ2) is 8.19. The molecule has 1 saturated heterocycles. The van der Waals surface area contributed by atoms with Crippen molar-refractivity contribution in [3.63, 3.8) is 0 Å². The molecule has 0 amide bonds. The number of benzene rings is 2. The number of fused-ring (bicyclic) bond motifs is 1. The van der Waals surface area contributed by atoms with E-state index in [1.165, 1.54) is 62.5 Å². The summed E-state index contributed by atoms with van der Waals surface area (Å²) >= 11 is 0. The smallest absolute Gasteiger partial charge is 0.119 e. The molecule has 1 aliphatic heterocycles. The van der Waals surface area contributed by atoms with Gasteiger partial charge in [0.1, 0.15) is 5.75 Å². The molecule has 1 fully saturated rings. The average molecular weight is 297 g/mol.